The van der Waals surface area contributed by atoms with Gasteiger partial charge in [0, 0.05) is 12.4 Å². The van der Waals surface area contributed by atoms with Gasteiger partial charge in [0.15, 0.2) is 0 Å². The molecule has 1 aliphatic heterocycles. The number of aromatic amines is 1. The summed E-state index contributed by atoms with van der Waals surface area (Å²) in [5, 5.41) is 2.88. The van der Waals surface area contributed by atoms with Crippen molar-refractivity contribution in [2.75, 3.05) is 13.1 Å². The largest absolute Gasteiger partial charge is 0.347 e. The molecule has 7 heteroatoms. The molecule has 102 valence electrons. The first-order valence-electron chi connectivity index (χ1n) is 6.34. The van der Waals surface area contributed by atoms with Crippen LogP contribution in [-0.4, -0.2) is 36.7 Å². The highest BCUT2D eigenvalue weighted by molar-refractivity contribution is 7.90. The van der Waals surface area contributed by atoms with Crippen molar-refractivity contribution >= 4 is 10.0 Å². The number of rotatable bonds is 5. The van der Waals surface area contributed by atoms with E-state index < -0.39 is 10.0 Å². The highest BCUT2D eigenvalue weighted by Gasteiger charge is 2.29. The van der Waals surface area contributed by atoms with Crippen LogP contribution in [-0.2, 0) is 10.0 Å². The number of sulfonamides is 1. The predicted octanol–water partition coefficient (Wildman–Crippen LogP) is 0.532. The number of H-pyrrole nitrogens is 1. The third-order valence-corrected chi connectivity index (χ3v) is 5.25. The molecule has 0 spiro atoms. The molecular weight excluding hydrogens is 252 g/mol. The molecule has 3 N–H and O–H groups in total. The van der Waals surface area contributed by atoms with Gasteiger partial charge >= 0.3 is 0 Å². The van der Waals surface area contributed by atoms with Gasteiger partial charge in [-0.3, -0.25) is 0 Å². The Labute approximate surface area is 108 Å². The smallest absolute Gasteiger partial charge is 0.215 e. The van der Waals surface area contributed by atoms with Crippen LogP contribution in [0.4, 0.5) is 0 Å². The Kier molecular flexibility index (Phi) is 4.36. The molecule has 18 heavy (non-hydrogen) atoms. The molecule has 0 radical (unpaired) electrons. The van der Waals surface area contributed by atoms with E-state index in [-0.39, 0.29) is 11.3 Å². The first kappa shape index (κ1) is 13.5. The maximum Gasteiger partial charge on any atom is 0.215 e. The van der Waals surface area contributed by atoms with E-state index in [1.54, 1.807) is 12.4 Å². The van der Waals surface area contributed by atoms with E-state index in [1.807, 2.05) is 6.92 Å². The average Bonchev–Trinajstić information content (AvgIpc) is 2.91. The third-order valence-electron chi connectivity index (χ3n) is 3.29. The second kappa shape index (κ2) is 5.81. The van der Waals surface area contributed by atoms with Crippen LogP contribution in [0.15, 0.2) is 12.4 Å². The summed E-state index contributed by atoms with van der Waals surface area (Å²) in [5.41, 5.74) is 0. The van der Waals surface area contributed by atoms with Gasteiger partial charge in [-0.2, -0.15) is 0 Å². The maximum absolute atomic E-state index is 12.3. The number of hydrogen-bond acceptors (Lipinski definition) is 4. The van der Waals surface area contributed by atoms with E-state index in [9.17, 15) is 8.42 Å². The molecular formula is C11H20N4O2S. The van der Waals surface area contributed by atoms with E-state index in [0.717, 1.165) is 13.1 Å². The Morgan fingerprint density at radius 1 is 1.50 bits per heavy atom. The fourth-order valence-electron chi connectivity index (χ4n) is 2.20. The highest BCUT2D eigenvalue weighted by Crippen LogP contribution is 2.18. The summed E-state index contributed by atoms with van der Waals surface area (Å²) in [4.78, 5) is 7.09. The topological polar surface area (TPSA) is 86.9 Å². The van der Waals surface area contributed by atoms with E-state index in [4.69, 9.17) is 0 Å². The molecule has 0 aromatic carbocycles. The van der Waals surface area contributed by atoms with Crippen LogP contribution in [0.2, 0.25) is 0 Å². The summed E-state index contributed by atoms with van der Waals surface area (Å²) in [6.45, 7) is 3.48. The molecule has 1 aliphatic rings. The van der Waals surface area contributed by atoms with Crippen molar-refractivity contribution in [1.82, 2.24) is 20.0 Å². The average molecular weight is 272 g/mol. The zero-order chi connectivity index (χ0) is 13.0. The minimum atomic E-state index is -3.27. The molecule has 0 amide bonds. The van der Waals surface area contributed by atoms with Gasteiger partial charge in [0.05, 0.1) is 11.3 Å². The lowest BCUT2D eigenvalue weighted by Gasteiger charge is -2.25. The van der Waals surface area contributed by atoms with Crippen molar-refractivity contribution in [3.05, 3.63) is 18.2 Å². The van der Waals surface area contributed by atoms with Gasteiger partial charge in [-0.25, -0.2) is 18.1 Å². The van der Waals surface area contributed by atoms with Crippen LogP contribution < -0.4 is 10.0 Å². The van der Waals surface area contributed by atoms with Crippen molar-refractivity contribution in [2.45, 2.75) is 37.5 Å². The van der Waals surface area contributed by atoms with Crippen molar-refractivity contribution in [3.63, 3.8) is 0 Å². The highest BCUT2D eigenvalue weighted by atomic mass is 32.2. The Morgan fingerprint density at radius 3 is 2.78 bits per heavy atom. The van der Waals surface area contributed by atoms with Gasteiger partial charge in [0.2, 0.25) is 10.0 Å². The molecule has 1 aromatic rings. The fraction of sp³-hybridized carbons (Fsp3) is 0.727. The molecule has 6 nitrogen and oxygen atoms in total. The lowest BCUT2D eigenvalue weighted by Crippen LogP contribution is -2.42. The van der Waals surface area contributed by atoms with E-state index in [0.29, 0.717) is 25.1 Å². The molecule has 1 atom stereocenters. The number of imidazole rings is 1. The van der Waals surface area contributed by atoms with Crippen molar-refractivity contribution in [2.24, 2.45) is 0 Å². The van der Waals surface area contributed by atoms with Crippen LogP contribution in [0, 0.1) is 0 Å². The number of aromatic nitrogens is 2. The molecule has 2 heterocycles. The first-order valence-corrected chi connectivity index (χ1v) is 7.89. The summed E-state index contributed by atoms with van der Waals surface area (Å²) in [7, 11) is -3.27. The normalized spacial score (nSPS) is 19.8. The summed E-state index contributed by atoms with van der Waals surface area (Å²) in [6, 6.07) is -0.264. The minimum Gasteiger partial charge on any atom is -0.347 e. The maximum atomic E-state index is 12.3. The van der Waals surface area contributed by atoms with Gasteiger partial charge < -0.3 is 10.3 Å². The quantitative estimate of drug-likeness (QED) is 0.730. The monoisotopic (exact) mass is 272 g/mol. The predicted molar refractivity (Wildman–Crippen MR) is 69.6 cm³/mol. The summed E-state index contributed by atoms with van der Waals surface area (Å²) >= 11 is 0. The van der Waals surface area contributed by atoms with Crippen molar-refractivity contribution in [1.29, 1.82) is 0 Å². The van der Waals surface area contributed by atoms with Gasteiger partial charge in [-0.15, -0.1) is 0 Å². The molecule has 2 rings (SSSR count). The Hall–Kier alpha value is -0.920. The first-order chi connectivity index (χ1) is 8.63. The van der Waals surface area contributed by atoms with E-state index >= 15 is 0 Å². The lowest BCUT2D eigenvalue weighted by molar-refractivity contribution is 0.476. The molecule has 1 aromatic heterocycles. The molecule has 0 aliphatic carbocycles. The van der Waals surface area contributed by atoms with Crippen LogP contribution in [0.1, 0.15) is 38.1 Å². The van der Waals surface area contributed by atoms with Crippen LogP contribution >= 0.6 is 0 Å². The second-order valence-electron chi connectivity index (χ2n) is 4.55. The molecule has 1 unspecified atom stereocenters. The SMILES string of the molecule is CCC(NS(=O)(=O)C1CCNCC1)c1ncc[nH]1. The summed E-state index contributed by atoms with van der Waals surface area (Å²) < 4.78 is 27.3. The summed E-state index contributed by atoms with van der Waals surface area (Å²) in [6.07, 6.45) is 5.36. The molecule has 1 fully saturated rings. The molecule has 0 saturated carbocycles. The van der Waals surface area contributed by atoms with E-state index in [2.05, 4.69) is 20.0 Å². The fourth-order valence-corrected chi connectivity index (χ4v) is 3.92. The zero-order valence-electron chi connectivity index (χ0n) is 10.5. The third kappa shape index (κ3) is 3.09. The number of nitrogens with zero attached hydrogens (tertiary/aromatic N) is 1. The number of hydrogen-bond donors (Lipinski definition) is 3. The van der Waals surface area contributed by atoms with Gasteiger partial charge in [0.1, 0.15) is 5.82 Å². The minimum absolute atomic E-state index is 0.264. The second-order valence-corrected chi connectivity index (χ2v) is 6.54. The van der Waals surface area contributed by atoms with Crippen molar-refractivity contribution < 1.29 is 8.42 Å². The van der Waals surface area contributed by atoms with Gasteiger partial charge in [-0.05, 0) is 32.4 Å². The van der Waals surface area contributed by atoms with Crippen LogP contribution in [0.25, 0.3) is 0 Å². The number of piperidine rings is 1. The van der Waals surface area contributed by atoms with Gasteiger partial charge in [-0.1, -0.05) is 6.92 Å². The van der Waals surface area contributed by atoms with Crippen LogP contribution in [0.5, 0.6) is 0 Å². The molecule has 1 saturated heterocycles. The summed E-state index contributed by atoms with van der Waals surface area (Å²) in [5.74, 6) is 0.676. The van der Waals surface area contributed by atoms with E-state index in [1.165, 1.54) is 0 Å². The van der Waals surface area contributed by atoms with Crippen LogP contribution in [0.3, 0.4) is 0 Å². The Morgan fingerprint density at radius 2 is 2.22 bits per heavy atom. The molecule has 0 bridgehead atoms. The Balaban J connectivity index is 2.06. The Bertz CT molecular complexity index is 451. The zero-order valence-corrected chi connectivity index (χ0v) is 11.3. The number of nitrogens with one attached hydrogen (secondary N) is 3. The van der Waals surface area contributed by atoms with Crippen molar-refractivity contribution in [3.8, 4) is 0 Å². The van der Waals surface area contributed by atoms with Gasteiger partial charge in [0.25, 0.3) is 0 Å². The standard InChI is InChI=1S/C11H20N4O2S/c1-2-10(11-13-7-8-14-11)15-18(16,17)9-3-5-12-6-4-9/h7-10,12,15H,2-6H2,1H3,(H,13,14). The lowest BCUT2D eigenvalue weighted by atomic mass is 10.2.